The lowest BCUT2D eigenvalue weighted by Crippen LogP contribution is -2.47. The summed E-state index contributed by atoms with van der Waals surface area (Å²) in [6.07, 6.45) is 2.84. The van der Waals surface area contributed by atoms with Gasteiger partial charge in [-0.25, -0.2) is 9.78 Å². The summed E-state index contributed by atoms with van der Waals surface area (Å²) in [5, 5.41) is 14.1. The molecule has 1 aromatic heterocycles. The monoisotopic (exact) mass is 591 g/mol. The molecule has 0 aliphatic carbocycles. The van der Waals surface area contributed by atoms with Gasteiger partial charge in [-0.1, -0.05) is 47.5 Å². The first kappa shape index (κ1) is 28.4. The molecule has 1 saturated heterocycles. The number of imidazole rings is 1. The standard InChI is InChI=1S/C30H31Cl2N7O2/c1-38-26-10-7-20(16-25(26)36-27(38)11-4-18-2-5-19(6-3-18)28(33)34)29(40)39-14-12-22(13-15-39)35-30(41)37-24-9-8-21(31)17-23(24)32/h2-3,5-10,16-17,22H,4,11-15H2,1H3,(H3,33,34)(H2,35,37,41). The molecule has 0 bridgehead atoms. The van der Waals surface area contributed by atoms with Crippen LogP contribution in [0.15, 0.2) is 60.7 Å². The molecule has 1 aliphatic rings. The number of aryl methyl sites for hydroxylation is 3. The Bertz CT molecular complexity index is 1610. The number of aromatic nitrogens is 2. The van der Waals surface area contributed by atoms with E-state index in [1.165, 1.54) is 0 Å². The van der Waals surface area contributed by atoms with Gasteiger partial charge in [-0.2, -0.15) is 0 Å². The van der Waals surface area contributed by atoms with Crippen LogP contribution in [-0.4, -0.2) is 51.4 Å². The van der Waals surface area contributed by atoms with E-state index in [0.29, 0.717) is 52.8 Å². The second-order valence-electron chi connectivity index (χ2n) is 10.2. The molecule has 0 unspecified atom stereocenters. The molecule has 2 heterocycles. The van der Waals surface area contributed by atoms with Gasteiger partial charge >= 0.3 is 6.03 Å². The molecular formula is C30H31Cl2N7O2. The molecule has 212 valence electrons. The number of piperidine rings is 1. The molecule has 0 spiro atoms. The molecule has 0 radical (unpaired) electrons. The zero-order valence-electron chi connectivity index (χ0n) is 22.6. The van der Waals surface area contributed by atoms with Crippen LogP contribution in [0.1, 0.15) is 40.2 Å². The number of carbonyl (C=O) groups excluding carboxylic acids is 2. The lowest BCUT2D eigenvalue weighted by molar-refractivity contribution is 0.0709. The van der Waals surface area contributed by atoms with Gasteiger partial charge in [-0.05, 0) is 61.2 Å². The lowest BCUT2D eigenvalue weighted by Gasteiger charge is -2.32. The Morgan fingerprint density at radius 2 is 1.71 bits per heavy atom. The van der Waals surface area contributed by atoms with E-state index in [0.717, 1.165) is 35.3 Å². The number of carbonyl (C=O) groups is 2. The molecule has 3 amide bonds. The zero-order valence-corrected chi connectivity index (χ0v) is 24.1. The van der Waals surface area contributed by atoms with Crippen LogP contribution in [0.3, 0.4) is 0 Å². The van der Waals surface area contributed by atoms with Crippen molar-refractivity contribution in [2.75, 3.05) is 18.4 Å². The van der Waals surface area contributed by atoms with Gasteiger partial charge in [-0.3, -0.25) is 10.2 Å². The average molecular weight is 593 g/mol. The number of nitrogens with zero attached hydrogens (tertiary/aromatic N) is 3. The number of hydrogen-bond acceptors (Lipinski definition) is 4. The molecule has 1 aliphatic heterocycles. The fourth-order valence-corrected chi connectivity index (χ4v) is 5.51. The highest BCUT2D eigenvalue weighted by Gasteiger charge is 2.25. The zero-order chi connectivity index (χ0) is 29.1. The second-order valence-corrected chi connectivity index (χ2v) is 11.0. The SMILES string of the molecule is Cn1c(CCc2ccc(C(=N)N)cc2)nc2cc(C(=O)N3CCC(NC(=O)Nc4ccc(Cl)cc4Cl)CC3)ccc21. The van der Waals surface area contributed by atoms with Crippen LogP contribution in [-0.2, 0) is 19.9 Å². The first-order valence-electron chi connectivity index (χ1n) is 13.4. The summed E-state index contributed by atoms with van der Waals surface area (Å²) < 4.78 is 2.06. The van der Waals surface area contributed by atoms with Crippen LogP contribution in [0.2, 0.25) is 10.0 Å². The number of nitrogens with one attached hydrogen (secondary N) is 3. The van der Waals surface area contributed by atoms with E-state index in [2.05, 4.69) is 15.2 Å². The predicted molar refractivity (Wildman–Crippen MR) is 163 cm³/mol. The highest BCUT2D eigenvalue weighted by Crippen LogP contribution is 2.25. The summed E-state index contributed by atoms with van der Waals surface area (Å²) in [6, 6.07) is 17.8. The van der Waals surface area contributed by atoms with Crippen molar-refractivity contribution in [1.82, 2.24) is 19.8 Å². The second kappa shape index (κ2) is 12.2. The van der Waals surface area contributed by atoms with E-state index in [1.807, 2.05) is 54.4 Å². The molecule has 41 heavy (non-hydrogen) atoms. The van der Waals surface area contributed by atoms with Crippen molar-refractivity contribution in [2.24, 2.45) is 12.8 Å². The Kier molecular flexibility index (Phi) is 8.46. The number of nitrogen functional groups attached to an aromatic ring is 1. The average Bonchev–Trinajstić information content (AvgIpc) is 3.28. The van der Waals surface area contributed by atoms with Gasteiger partial charge in [0.1, 0.15) is 11.7 Å². The van der Waals surface area contributed by atoms with Crippen molar-refractivity contribution in [3.05, 3.63) is 93.2 Å². The minimum Gasteiger partial charge on any atom is -0.384 e. The number of amidine groups is 1. The predicted octanol–water partition coefficient (Wildman–Crippen LogP) is 5.38. The number of fused-ring (bicyclic) bond motifs is 1. The third-order valence-corrected chi connectivity index (χ3v) is 7.97. The lowest BCUT2D eigenvalue weighted by atomic mass is 10.0. The molecule has 4 aromatic rings. The highest BCUT2D eigenvalue weighted by atomic mass is 35.5. The molecule has 1 fully saturated rings. The molecular weight excluding hydrogens is 561 g/mol. The Morgan fingerprint density at radius 3 is 2.39 bits per heavy atom. The number of halogens is 2. The summed E-state index contributed by atoms with van der Waals surface area (Å²) in [4.78, 5) is 32.4. The van der Waals surface area contributed by atoms with Crippen LogP contribution in [0, 0.1) is 5.41 Å². The van der Waals surface area contributed by atoms with Crippen LogP contribution < -0.4 is 16.4 Å². The molecule has 0 atom stereocenters. The molecule has 9 nitrogen and oxygen atoms in total. The summed E-state index contributed by atoms with van der Waals surface area (Å²) >= 11 is 12.1. The largest absolute Gasteiger partial charge is 0.384 e. The number of likely N-dealkylation sites (tertiary alicyclic amines) is 1. The highest BCUT2D eigenvalue weighted by molar-refractivity contribution is 6.36. The van der Waals surface area contributed by atoms with Gasteiger partial charge in [0.15, 0.2) is 0 Å². The maximum absolute atomic E-state index is 13.3. The molecule has 5 N–H and O–H groups in total. The van der Waals surface area contributed by atoms with E-state index in [4.69, 9.17) is 39.3 Å². The summed E-state index contributed by atoms with van der Waals surface area (Å²) in [5.41, 5.74) is 10.2. The Balaban J connectivity index is 1.16. The molecule has 5 rings (SSSR count). The number of amides is 3. The number of nitrogens with two attached hydrogens (primary N) is 1. The van der Waals surface area contributed by atoms with Crippen molar-refractivity contribution < 1.29 is 9.59 Å². The van der Waals surface area contributed by atoms with Gasteiger partial charge in [0, 0.05) is 48.7 Å². The number of urea groups is 1. The van der Waals surface area contributed by atoms with Crippen LogP contribution in [0.25, 0.3) is 11.0 Å². The smallest absolute Gasteiger partial charge is 0.319 e. The third-order valence-electron chi connectivity index (χ3n) is 7.42. The van der Waals surface area contributed by atoms with Crippen LogP contribution >= 0.6 is 23.2 Å². The fraction of sp³-hybridized carbons (Fsp3) is 0.267. The summed E-state index contributed by atoms with van der Waals surface area (Å²) in [5.74, 6) is 0.951. The maximum Gasteiger partial charge on any atom is 0.319 e. The van der Waals surface area contributed by atoms with E-state index >= 15 is 0 Å². The van der Waals surface area contributed by atoms with Crippen molar-refractivity contribution in [2.45, 2.75) is 31.7 Å². The minimum atomic E-state index is -0.344. The van der Waals surface area contributed by atoms with Gasteiger partial charge in [-0.15, -0.1) is 0 Å². The van der Waals surface area contributed by atoms with Crippen molar-refractivity contribution in [1.29, 1.82) is 5.41 Å². The Morgan fingerprint density at radius 1 is 1.00 bits per heavy atom. The minimum absolute atomic E-state index is 0.0412. The normalized spacial score (nSPS) is 13.8. The van der Waals surface area contributed by atoms with Gasteiger partial charge in [0.2, 0.25) is 0 Å². The number of hydrogen-bond donors (Lipinski definition) is 4. The Labute approximate surface area is 248 Å². The summed E-state index contributed by atoms with van der Waals surface area (Å²) in [6.45, 7) is 1.08. The van der Waals surface area contributed by atoms with E-state index in [9.17, 15) is 9.59 Å². The topological polar surface area (TPSA) is 129 Å². The Hall–Kier alpha value is -4.08. The van der Waals surface area contributed by atoms with Crippen molar-refractivity contribution in [3.8, 4) is 0 Å². The van der Waals surface area contributed by atoms with E-state index in [1.54, 1.807) is 18.2 Å². The summed E-state index contributed by atoms with van der Waals surface area (Å²) in [7, 11) is 1.99. The number of rotatable bonds is 7. The molecule has 3 aromatic carbocycles. The van der Waals surface area contributed by atoms with Crippen LogP contribution in [0.5, 0.6) is 0 Å². The number of anilines is 1. The maximum atomic E-state index is 13.3. The molecule has 11 heteroatoms. The van der Waals surface area contributed by atoms with Gasteiger partial charge in [0.05, 0.1) is 21.7 Å². The van der Waals surface area contributed by atoms with E-state index in [-0.39, 0.29) is 23.8 Å². The van der Waals surface area contributed by atoms with Crippen molar-refractivity contribution in [3.63, 3.8) is 0 Å². The number of benzene rings is 3. The van der Waals surface area contributed by atoms with Gasteiger partial charge < -0.3 is 25.8 Å². The molecule has 0 saturated carbocycles. The first-order valence-corrected chi connectivity index (χ1v) is 14.1. The van der Waals surface area contributed by atoms with Gasteiger partial charge in [0.25, 0.3) is 5.91 Å². The van der Waals surface area contributed by atoms with Crippen molar-refractivity contribution >= 4 is 57.7 Å². The van der Waals surface area contributed by atoms with Crippen LogP contribution in [0.4, 0.5) is 10.5 Å². The first-order chi connectivity index (χ1) is 19.7. The fourth-order valence-electron chi connectivity index (χ4n) is 5.06. The third kappa shape index (κ3) is 6.64. The van der Waals surface area contributed by atoms with E-state index < -0.39 is 0 Å². The quantitative estimate of drug-likeness (QED) is 0.170.